The van der Waals surface area contributed by atoms with Gasteiger partial charge in [0.15, 0.2) is 0 Å². The summed E-state index contributed by atoms with van der Waals surface area (Å²) in [5, 5.41) is 3.64. The van der Waals surface area contributed by atoms with Crippen molar-refractivity contribution in [3.05, 3.63) is 53.2 Å². The number of hydrogen-bond donors (Lipinski definition) is 1. The van der Waals surface area contributed by atoms with Crippen molar-refractivity contribution < 1.29 is 4.74 Å². The zero-order valence-electron chi connectivity index (χ0n) is 9.48. The number of para-hydroxylation sites is 1. The number of hydrogen-bond acceptors (Lipinski definition) is 3. The number of nitrogens with one attached hydrogen (secondary N) is 1. The maximum absolute atomic E-state index is 5.99. The molecule has 0 unspecified atom stereocenters. The van der Waals surface area contributed by atoms with E-state index >= 15 is 0 Å². The van der Waals surface area contributed by atoms with Crippen molar-refractivity contribution in [2.24, 2.45) is 0 Å². The summed E-state index contributed by atoms with van der Waals surface area (Å²) >= 11 is 5.99. The molecule has 3 nitrogen and oxygen atoms in total. The molecule has 2 aromatic rings. The maximum atomic E-state index is 5.99. The molecule has 17 heavy (non-hydrogen) atoms. The topological polar surface area (TPSA) is 34.1 Å². The molecule has 0 aliphatic rings. The average Bonchev–Trinajstić information content (AvgIpc) is 2.35. The maximum Gasteiger partial charge on any atom is 0.219 e. The fourth-order valence-corrected chi connectivity index (χ4v) is 1.59. The van der Waals surface area contributed by atoms with Gasteiger partial charge in [-0.3, -0.25) is 0 Å². The van der Waals surface area contributed by atoms with Gasteiger partial charge in [-0.05, 0) is 24.7 Å². The first-order chi connectivity index (χ1) is 8.29. The Labute approximate surface area is 105 Å². The molecule has 1 heterocycles. The molecule has 1 aromatic heterocycles. The lowest BCUT2D eigenvalue weighted by Crippen LogP contribution is -2.05. The van der Waals surface area contributed by atoms with Crippen molar-refractivity contribution in [1.29, 1.82) is 0 Å². The molecular weight excluding hydrogens is 236 g/mol. The van der Waals surface area contributed by atoms with Crippen LogP contribution in [0.25, 0.3) is 0 Å². The third-order valence-corrected chi connectivity index (χ3v) is 2.54. The van der Waals surface area contributed by atoms with Crippen molar-refractivity contribution in [1.82, 2.24) is 10.3 Å². The molecule has 88 valence electrons. The van der Waals surface area contributed by atoms with E-state index in [9.17, 15) is 0 Å². The van der Waals surface area contributed by atoms with Gasteiger partial charge in [0, 0.05) is 18.8 Å². The summed E-state index contributed by atoms with van der Waals surface area (Å²) in [6, 6.07) is 11.1. The standard InChI is InChI=1S/C13H13ClN2O/c1-15-8-10-6-7-13(16-9-10)17-12-5-3-2-4-11(12)14/h2-7,9,15H,8H2,1H3. The van der Waals surface area contributed by atoms with Gasteiger partial charge < -0.3 is 10.1 Å². The highest BCUT2D eigenvalue weighted by atomic mass is 35.5. The van der Waals surface area contributed by atoms with Crippen LogP contribution in [0.3, 0.4) is 0 Å². The Kier molecular flexibility index (Phi) is 3.96. The highest BCUT2D eigenvalue weighted by Gasteiger charge is 2.02. The molecule has 0 spiro atoms. The summed E-state index contributed by atoms with van der Waals surface area (Å²) in [6.45, 7) is 0.791. The van der Waals surface area contributed by atoms with Gasteiger partial charge in [-0.25, -0.2) is 4.98 Å². The van der Waals surface area contributed by atoms with Crippen LogP contribution in [-0.2, 0) is 6.54 Å². The van der Waals surface area contributed by atoms with Crippen molar-refractivity contribution in [2.45, 2.75) is 6.54 Å². The van der Waals surface area contributed by atoms with Crippen LogP contribution in [0.1, 0.15) is 5.56 Å². The molecule has 0 bridgehead atoms. The highest BCUT2D eigenvalue weighted by Crippen LogP contribution is 2.27. The molecule has 0 aliphatic heterocycles. The SMILES string of the molecule is CNCc1ccc(Oc2ccccc2Cl)nc1. The third-order valence-electron chi connectivity index (χ3n) is 2.23. The van der Waals surface area contributed by atoms with Gasteiger partial charge in [-0.15, -0.1) is 0 Å². The fraction of sp³-hybridized carbons (Fsp3) is 0.154. The largest absolute Gasteiger partial charge is 0.437 e. The van der Waals surface area contributed by atoms with Crippen molar-refractivity contribution in [3.63, 3.8) is 0 Å². The van der Waals surface area contributed by atoms with Gasteiger partial charge >= 0.3 is 0 Å². The van der Waals surface area contributed by atoms with E-state index in [4.69, 9.17) is 16.3 Å². The first kappa shape index (κ1) is 11.9. The Hall–Kier alpha value is -1.58. The Balaban J connectivity index is 2.11. The van der Waals surface area contributed by atoms with E-state index in [-0.39, 0.29) is 0 Å². The fourth-order valence-electron chi connectivity index (χ4n) is 1.42. The molecular formula is C13H13ClN2O. The third kappa shape index (κ3) is 3.19. The lowest BCUT2D eigenvalue weighted by molar-refractivity contribution is 0.462. The number of aromatic nitrogens is 1. The predicted molar refractivity (Wildman–Crippen MR) is 68.5 cm³/mol. The lowest BCUT2D eigenvalue weighted by Gasteiger charge is -2.06. The van der Waals surface area contributed by atoms with Crippen LogP contribution in [0, 0.1) is 0 Å². The van der Waals surface area contributed by atoms with Gasteiger partial charge in [-0.1, -0.05) is 29.8 Å². The van der Waals surface area contributed by atoms with E-state index in [0.29, 0.717) is 16.7 Å². The van der Waals surface area contributed by atoms with E-state index in [1.807, 2.05) is 37.4 Å². The smallest absolute Gasteiger partial charge is 0.219 e. The molecule has 0 amide bonds. The summed E-state index contributed by atoms with van der Waals surface area (Å²) in [5.41, 5.74) is 1.11. The first-order valence-corrected chi connectivity index (χ1v) is 5.69. The second-order valence-corrected chi connectivity index (χ2v) is 3.97. The van der Waals surface area contributed by atoms with Crippen LogP contribution in [0.4, 0.5) is 0 Å². The number of pyridine rings is 1. The predicted octanol–water partition coefficient (Wildman–Crippen LogP) is 3.25. The number of ether oxygens (including phenoxy) is 1. The van der Waals surface area contributed by atoms with Crippen LogP contribution < -0.4 is 10.1 Å². The minimum absolute atomic E-state index is 0.540. The minimum Gasteiger partial charge on any atom is -0.437 e. The molecule has 0 fully saturated rings. The first-order valence-electron chi connectivity index (χ1n) is 5.31. The summed E-state index contributed by atoms with van der Waals surface area (Å²) in [4.78, 5) is 4.21. The molecule has 0 radical (unpaired) electrons. The molecule has 0 saturated carbocycles. The van der Waals surface area contributed by atoms with Crippen LogP contribution >= 0.6 is 11.6 Å². The summed E-state index contributed by atoms with van der Waals surface area (Å²) in [7, 11) is 1.90. The normalized spacial score (nSPS) is 10.2. The van der Waals surface area contributed by atoms with Gasteiger partial charge in [-0.2, -0.15) is 0 Å². The van der Waals surface area contributed by atoms with E-state index in [2.05, 4.69) is 10.3 Å². The monoisotopic (exact) mass is 248 g/mol. The van der Waals surface area contributed by atoms with E-state index in [0.717, 1.165) is 12.1 Å². The van der Waals surface area contributed by atoms with E-state index in [1.165, 1.54) is 0 Å². The van der Waals surface area contributed by atoms with E-state index in [1.54, 1.807) is 12.3 Å². The van der Waals surface area contributed by atoms with Crippen molar-refractivity contribution >= 4 is 11.6 Å². The van der Waals surface area contributed by atoms with Gasteiger partial charge in [0.25, 0.3) is 0 Å². The lowest BCUT2D eigenvalue weighted by atomic mass is 10.3. The molecule has 4 heteroatoms. The molecule has 1 N–H and O–H groups in total. The number of halogens is 1. The second-order valence-electron chi connectivity index (χ2n) is 3.57. The minimum atomic E-state index is 0.540. The second kappa shape index (κ2) is 5.66. The van der Waals surface area contributed by atoms with Gasteiger partial charge in [0.2, 0.25) is 5.88 Å². The van der Waals surface area contributed by atoms with Crippen LogP contribution in [0.2, 0.25) is 5.02 Å². The Morgan fingerprint density at radius 1 is 1.24 bits per heavy atom. The average molecular weight is 249 g/mol. The zero-order chi connectivity index (χ0) is 12.1. The molecule has 0 aliphatic carbocycles. The molecule has 2 rings (SSSR count). The quantitative estimate of drug-likeness (QED) is 0.902. The van der Waals surface area contributed by atoms with Crippen LogP contribution in [0.5, 0.6) is 11.6 Å². The number of benzene rings is 1. The molecule has 1 aromatic carbocycles. The number of rotatable bonds is 4. The van der Waals surface area contributed by atoms with Crippen molar-refractivity contribution in [3.8, 4) is 11.6 Å². The van der Waals surface area contributed by atoms with Crippen molar-refractivity contribution in [2.75, 3.05) is 7.05 Å². The Bertz CT molecular complexity index is 485. The van der Waals surface area contributed by atoms with Gasteiger partial charge in [0.1, 0.15) is 5.75 Å². The van der Waals surface area contributed by atoms with Crippen LogP contribution in [0.15, 0.2) is 42.6 Å². The Morgan fingerprint density at radius 2 is 2.06 bits per heavy atom. The van der Waals surface area contributed by atoms with Crippen LogP contribution in [-0.4, -0.2) is 12.0 Å². The Morgan fingerprint density at radius 3 is 2.71 bits per heavy atom. The summed E-state index contributed by atoms with van der Waals surface area (Å²) in [5.74, 6) is 1.15. The van der Waals surface area contributed by atoms with Gasteiger partial charge in [0.05, 0.1) is 5.02 Å². The summed E-state index contributed by atoms with van der Waals surface area (Å²) < 4.78 is 5.58. The molecule has 0 saturated heterocycles. The number of nitrogens with zero attached hydrogens (tertiary/aromatic N) is 1. The summed E-state index contributed by atoms with van der Waals surface area (Å²) in [6.07, 6.45) is 1.78. The van der Waals surface area contributed by atoms with E-state index < -0.39 is 0 Å². The zero-order valence-corrected chi connectivity index (χ0v) is 10.2. The molecule has 0 atom stereocenters. The highest BCUT2D eigenvalue weighted by molar-refractivity contribution is 6.32.